The molecule has 0 spiro atoms. The van der Waals surface area contributed by atoms with Gasteiger partial charge in [-0.25, -0.2) is 4.98 Å². The molecule has 1 saturated heterocycles. The number of nitrogen functional groups attached to an aromatic ring is 1. The van der Waals surface area contributed by atoms with E-state index in [1.807, 2.05) is 6.07 Å². The SMILES string of the molecule is Cc1ccccc1N1CCCN(c2ccnc3sc(C(N)=O)c(N)c23)CC1. The first-order chi connectivity index (χ1) is 13.1. The van der Waals surface area contributed by atoms with Crippen LogP contribution >= 0.6 is 11.3 Å². The number of amides is 1. The Labute approximate surface area is 162 Å². The maximum Gasteiger partial charge on any atom is 0.260 e. The van der Waals surface area contributed by atoms with Crippen molar-refractivity contribution in [1.82, 2.24) is 4.98 Å². The maximum absolute atomic E-state index is 11.7. The van der Waals surface area contributed by atoms with Gasteiger partial charge in [0.05, 0.1) is 16.8 Å². The van der Waals surface area contributed by atoms with E-state index in [9.17, 15) is 4.79 Å². The molecule has 6 nitrogen and oxygen atoms in total. The number of primary amides is 1. The highest BCUT2D eigenvalue weighted by Gasteiger charge is 2.22. The summed E-state index contributed by atoms with van der Waals surface area (Å²) in [6, 6.07) is 10.5. The van der Waals surface area contributed by atoms with Crippen molar-refractivity contribution in [3.63, 3.8) is 0 Å². The Kier molecular flexibility index (Phi) is 4.61. The van der Waals surface area contributed by atoms with Crippen LogP contribution in [-0.4, -0.2) is 37.1 Å². The van der Waals surface area contributed by atoms with E-state index in [0.717, 1.165) is 48.5 Å². The number of nitrogens with two attached hydrogens (primary N) is 2. The van der Waals surface area contributed by atoms with E-state index in [0.29, 0.717) is 10.6 Å². The molecule has 4 N–H and O–H groups in total. The normalized spacial score (nSPS) is 15.1. The van der Waals surface area contributed by atoms with Gasteiger partial charge in [-0.05, 0) is 31.0 Å². The van der Waals surface area contributed by atoms with Gasteiger partial charge in [-0.1, -0.05) is 18.2 Å². The number of carbonyl (C=O) groups is 1. The zero-order valence-corrected chi connectivity index (χ0v) is 16.1. The van der Waals surface area contributed by atoms with Crippen LogP contribution in [0, 0.1) is 6.92 Å². The predicted molar refractivity (Wildman–Crippen MR) is 113 cm³/mol. The number of aryl methyl sites for hydroxylation is 1. The minimum atomic E-state index is -0.497. The van der Waals surface area contributed by atoms with Crippen LogP contribution in [0.2, 0.25) is 0 Å². The fourth-order valence-corrected chi connectivity index (χ4v) is 4.73. The second-order valence-corrected chi connectivity index (χ2v) is 7.83. The molecule has 0 atom stereocenters. The van der Waals surface area contributed by atoms with Crippen molar-refractivity contribution >= 4 is 44.5 Å². The first-order valence-corrected chi connectivity index (χ1v) is 9.90. The Hall–Kier alpha value is -2.80. The molecule has 3 heterocycles. The minimum Gasteiger partial charge on any atom is -0.397 e. The summed E-state index contributed by atoms with van der Waals surface area (Å²) in [7, 11) is 0. The lowest BCUT2D eigenvalue weighted by Crippen LogP contribution is -2.31. The summed E-state index contributed by atoms with van der Waals surface area (Å²) in [4.78, 5) is 22.0. The smallest absolute Gasteiger partial charge is 0.260 e. The summed E-state index contributed by atoms with van der Waals surface area (Å²) in [6.07, 6.45) is 2.83. The van der Waals surface area contributed by atoms with Crippen LogP contribution in [0.5, 0.6) is 0 Å². The van der Waals surface area contributed by atoms with Gasteiger partial charge in [0.2, 0.25) is 0 Å². The second kappa shape index (κ2) is 7.08. The van der Waals surface area contributed by atoms with E-state index in [4.69, 9.17) is 11.5 Å². The number of carbonyl (C=O) groups excluding carboxylic acids is 1. The number of thiophene rings is 1. The lowest BCUT2D eigenvalue weighted by atomic mass is 10.2. The van der Waals surface area contributed by atoms with Crippen LogP contribution in [0.1, 0.15) is 21.7 Å². The van der Waals surface area contributed by atoms with E-state index in [2.05, 4.69) is 46.0 Å². The third-order valence-corrected chi connectivity index (χ3v) is 6.25. The molecule has 1 aliphatic heterocycles. The number of rotatable bonds is 3. The highest BCUT2D eigenvalue weighted by atomic mass is 32.1. The number of pyridine rings is 1. The molecule has 0 aliphatic carbocycles. The van der Waals surface area contributed by atoms with Crippen molar-refractivity contribution in [3.8, 4) is 0 Å². The average Bonchev–Trinajstić information content (AvgIpc) is 2.85. The van der Waals surface area contributed by atoms with E-state index < -0.39 is 5.91 Å². The van der Waals surface area contributed by atoms with Crippen LogP contribution in [-0.2, 0) is 0 Å². The summed E-state index contributed by atoms with van der Waals surface area (Å²) < 4.78 is 0. The summed E-state index contributed by atoms with van der Waals surface area (Å²) >= 11 is 1.27. The number of benzene rings is 1. The van der Waals surface area contributed by atoms with Gasteiger partial charge in [0.25, 0.3) is 5.91 Å². The van der Waals surface area contributed by atoms with Gasteiger partial charge >= 0.3 is 0 Å². The summed E-state index contributed by atoms with van der Waals surface area (Å²) in [5.74, 6) is -0.497. The fraction of sp³-hybridized carbons (Fsp3) is 0.300. The van der Waals surface area contributed by atoms with Crippen molar-refractivity contribution in [2.24, 2.45) is 5.73 Å². The van der Waals surface area contributed by atoms with Gasteiger partial charge in [0, 0.05) is 38.1 Å². The summed E-state index contributed by atoms with van der Waals surface area (Å²) in [6.45, 7) is 5.92. The first-order valence-electron chi connectivity index (χ1n) is 9.08. The molecule has 1 aromatic carbocycles. The van der Waals surface area contributed by atoms with E-state index in [1.165, 1.54) is 22.6 Å². The van der Waals surface area contributed by atoms with Crippen molar-refractivity contribution in [1.29, 1.82) is 0 Å². The second-order valence-electron chi connectivity index (χ2n) is 6.83. The molecule has 0 radical (unpaired) electrons. The molecule has 0 unspecified atom stereocenters. The van der Waals surface area contributed by atoms with Crippen LogP contribution in [0.3, 0.4) is 0 Å². The number of anilines is 3. The topological polar surface area (TPSA) is 88.5 Å². The monoisotopic (exact) mass is 381 g/mol. The lowest BCUT2D eigenvalue weighted by molar-refractivity contribution is 0.100. The van der Waals surface area contributed by atoms with Crippen molar-refractivity contribution in [2.75, 3.05) is 41.7 Å². The fourth-order valence-electron chi connectivity index (χ4n) is 3.79. The van der Waals surface area contributed by atoms with Gasteiger partial charge < -0.3 is 21.3 Å². The number of nitrogens with zero attached hydrogens (tertiary/aromatic N) is 3. The highest BCUT2D eigenvalue weighted by molar-refractivity contribution is 7.21. The Balaban J connectivity index is 1.65. The summed E-state index contributed by atoms with van der Waals surface area (Å²) in [5, 5.41) is 0.848. The number of para-hydroxylation sites is 1. The predicted octanol–water partition coefficient (Wildman–Crippen LogP) is 3.00. The van der Waals surface area contributed by atoms with Gasteiger partial charge in [-0.2, -0.15) is 0 Å². The minimum absolute atomic E-state index is 0.390. The van der Waals surface area contributed by atoms with Crippen LogP contribution < -0.4 is 21.3 Å². The Morgan fingerprint density at radius 3 is 2.48 bits per heavy atom. The van der Waals surface area contributed by atoms with Crippen molar-refractivity contribution in [3.05, 3.63) is 47.0 Å². The Morgan fingerprint density at radius 2 is 1.78 bits per heavy atom. The molecule has 27 heavy (non-hydrogen) atoms. The Morgan fingerprint density at radius 1 is 1.07 bits per heavy atom. The number of aromatic nitrogens is 1. The molecule has 0 saturated carbocycles. The lowest BCUT2D eigenvalue weighted by Gasteiger charge is -2.26. The molecule has 7 heteroatoms. The largest absolute Gasteiger partial charge is 0.397 e. The van der Waals surface area contributed by atoms with E-state index in [1.54, 1.807) is 6.20 Å². The molecule has 1 fully saturated rings. The number of hydrogen-bond donors (Lipinski definition) is 2. The van der Waals surface area contributed by atoms with Crippen LogP contribution in [0.4, 0.5) is 17.1 Å². The first kappa shape index (κ1) is 17.6. The molecule has 1 aliphatic rings. The van der Waals surface area contributed by atoms with Gasteiger partial charge in [-0.15, -0.1) is 11.3 Å². The molecule has 140 valence electrons. The maximum atomic E-state index is 11.7. The molecule has 2 aromatic heterocycles. The van der Waals surface area contributed by atoms with E-state index in [-0.39, 0.29) is 0 Å². The zero-order chi connectivity index (χ0) is 19.0. The zero-order valence-electron chi connectivity index (χ0n) is 15.3. The molecule has 3 aromatic rings. The average molecular weight is 382 g/mol. The quantitative estimate of drug-likeness (QED) is 0.728. The van der Waals surface area contributed by atoms with Crippen LogP contribution in [0.15, 0.2) is 36.5 Å². The van der Waals surface area contributed by atoms with Crippen molar-refractivity contribution < 1.29 is 4.79 Å². The van der Waals surface area contributed by atoms with Gasteiger partial charge in [-0.3, -0.25) is 4.79 Å². The van der Waals surface area contributed by atoms with Gasteiger partial charge in [0.15, 0.2) is 0 Å². The summed E-state index contributed by atoms with van der Waals surface area (Å²) in [5.41, 5.74) is 15.8. The molecular formula is C20H23N5OS. The third kappa shape index (κ3) is 3.19. The third-order valence-electron chi connectivity index (χ3n) is 5.12. The number of hydrogen-bond acceptors (Lipinski definition) is 6. The van der Waals surface area contributed by atoms with Crippen LogP contribution in [0.25, 0.3) is 10.2 Å². The Bertz CT molecular complexity index is 999. The van der Waals surface area contributed by atoms with Gasteiger partial charge in [0.1, 0.15) is 9.71 Å². The van der Waals surface area contributed by atoms with E-state index >= 15 is 0 Å². The number of fused-ring (bicyclic) bond motifs is 1. The molecule has 1 amide bonds. The highest BCUT2D eigenvalue weighted by Crippen LogP contribution is 2.38. The molecule has 4 rings (SSSR count). The van der Waals surface area contributed by atoms with Crippen molar-refractivity contribution in [2.45, 2.75) is 13.3 Å². The molecule has 0 bridgehead atoms. The molecular weight excluding hydrogens is 358 g/mol. The standard InChI is InChI=1S/C20H23N5OS/c1-13-5-2-3-6-14(13)24-9-4-10-25(12-11-24)15-7-8-23-20-16(15)17(21)18(27-20)19(22)26/h2-3,5-8H,4,9-12,21H2,1H3,(H2,22,26).